The lowest BCUT2D eigenvalue weighted by molar-refractivity contribution is -0.112. The predicted molar refractivity (Wildman–Crippen MR) is 155 cm³/mol. The molecule has 0 fully saturated rings. The van der Waals surface area contributed by atoms with Crippen LogP contribution in [0.3, 0.4) is 0 Å². The standard InChI is InChI=1S/C34H39NO3/c1-33(2,3)27-20-28(34(4,5)6)30(36)21-29(27)35-32(38)26-18-12-15-23(19-22-13-8-7-9-14-22)24-16-10-11-17-25(24)31(26)37/h7-11,13-14,16-18,20-21,23,36H,12,15,19H2,1-6H3,(H,35,38)/b26-18+. The molecule has 2 N–H and O–H groups in total. The second-order valence-corrected chi connectivity index (χ2v) is 12.4. The van der Waals surface area contributed by atoms with Crippen molar-refractivity contribution < 1.29 is 14.7 Å². The average Bonchev–Trinajstić information content (AvgIpc) is 2.83. The van der Waals surface area contributed by atoms with Crippen molar-refractivity contribution in [3.8, 4) is 5.75 Å². The van der Waals surface area contributed by atoms with Gasteiger partial charge in [0.05, 0.1) is 5.57 Å². The number of allylic oxidation sites excluding steroid dienone is 1. The highest BCUT2D eigenvalue weighted by atomic mass is 16.3. The van der Waals surface area contributed by atoms with E-state index in [2.05, 4.69) is 38.2 Å². The van der Waals surface area contributed by atoms with Crippen LogP contribution in [0.25, 0.3) is 0 Å². The number of nitrogens with one attached hydrogen (secondary N) is 1. The number of benzene rings is 3. The molecule has 0 saturated carbocycles. The molecule has 4 rings (SSSR count). The third-order valence-electron chi connectivity index (χ3n) is 7.32. The number of rotatable bonds is 4. The summed E-state index contributed by atoms with van der Waals surface area (Å²) in [6, 6.07) is 21.6. The van der Waals surface area contributed by atoms with E-state index >= 15 is 0 Å². The van der Waals surface area contributed by atoms with Gasteiger partial charge in [-0.3, -0.25) is 9.59 Å². The normalized spacial score (nSPS) is 17.6. The summed E-state index contributed by atoms with van der Waals surface area (Å²) in [5, 5.41) is 13.8. The Hall–Kier alpha value is -3.66. The lowest BCUT2D eigenvalue weighted by atomic mass is 9.79. The van der Waals surface area contributed by atoms with Gasteiger partial charge >= 0.3 is 0 Å². The van der Waals surface area contributed by atoms with Crippen LogP contribution in [0.15, 0.2) is 78.4 Å². The molecular weight excluding hydrogens is 470 g/mol. The minimum atomic E-state index is -0.445. The Labute approximate surface area is 226 Å². The monoisotopic (exact) mass is 509 g/mol. The highest BCUT2D eigenvalue weighted by Gasteiger charge is 2.30. The maximum Gasteiger partial charge on any atom is 0.259 e. The van der Waals surface area contributed by atoms with Crippen molar-refractivity contribution in [3.63, 3.8) is 0 Å². The molecule has 0 spiro atoms. The van der Waals surface area contributed by atoms with E-state index in [0.29, 0.717) is 17.7 Å². The highest BCUT2D eigenvalue weighted by molar-refractivity contribution is 6.29. The van der Waals surface area contributed by atoms with Gasteiger partial charge in [-0.05, 0) is 64.3 Å². The topological polar surface area (TPSA) is 66.4 Å². The molecule has 198 valence electrons. The smallest absolute Gasteiger partial charge is 0.259 e. The molecule has 0 aromatic heterocycles. The molecule has 1 aliphatic carbocycles. The zero-order valence-electron chi connectivity index (χ0n) is 23.4. The van der Waals surface area contributed by atoms with E-state index in [1.54, 1.807) is 12.1 Å². The zero-order valence-corrected chi connectivity index (χ0v) is 23.4. The van der Waals surface area contributed by atoms with Crippen LogP contribution in [0.2, 0.25) is 0 Å². The van der Waals surface area contributed by atoms with Crippen molar-refractivity contribution in [1.29, 1.82) is 0 Å². The molecule has 3 aromatic carbocycles. The number of phenolic OH excluding ortho intramolecular Hbond substituents is 1. The molecular formula is C34H39NO3. The Kier molecular flexibility index (Phi) is 7.64. The Bertz CT molecular complexity index is 1370. The average molecular weight is 510 g/mol. The summed E-state index contributed by atoms with van der Waals surface area (Å²) >= 11 is 0. The molecule has 38 heavy (non-hydrogen) atoms. The second kappa shape index (κ2) is 10.6. The summed E-state index contributed by atoms with van der Waals surface area (Å²) in [6.45, 7) is 12.4. The van der Waals surface area contributed by atoms with Crippen LogP contribution >= 0.6 is 0 Å². The number of amides is 1. The third kappa shape index (κ3) is 5.91. The summed E-state index contributed by atoms with van der Waals surface area (Å²) in [7, 11) is 0. The predicted octanol–water partition coefficient (Wildman–Crippen LogP) is 7.86. The summed E-state index contributed by atoms with van der Waals surface area (Å²) in [6.07, 6.45) is 4.09. The van der Waals surface area contributed by atoms with E-state index in [1.165, 1.54) is 5.56 Å². The van der Waals surface area contributed by atoms with Crippen LogP contribution < -0.4 is 5.32 Å². The molecule has 0 radical (unpaired) electrons. The number of ketones is 1. The van der Waals surface area contributed by atoms with Crippen LogP contribution in [0.5, 0.6) is 5.75 Å². The number of Topliss-reactive ketones (excluding diaryl/α,β-unsaturated/α-hetero) is 1. The van der Waals surface area contributed by atoms with E-state index in [4.69, 9.17) is 0 Å². The Morgan fingerprint density at radius 1 is 0.895 bits per heavy atom. The molecule has 0 bridgehead atoms. The molecule has 0 saturated heterocycles. The van der Waals surface area contributed by atoms with Crippen molar-refractivity contribution in [3.05, 3.63) is 106 Å². The molecule has 1 unspecified atom stereocenters. The molecule has 3 aromatic rings. The number of hydrogen-bond acceptors (Lipinski definition) is 3. The maximum absolute atomic E-state index is 13.8. The quantitative estimate of drug-likeness (QED) is 0.352. The zero-order chi connectivity index (χ0) is 27.7. The van der Waals surface area contributed by atoms with Gasteiger partial charge in [0.2, 0.25) is 0 Å². The first-order chi connectivity index (χ1) is 17.9. The van der Waals surface area contributed by atoms with Gasteiger partial charge in [0, 0.05) is 17.3 Å². The largest absolute Gasteiger partial charge is 0.508 e. The molecule has 0 aliphatic heterocycles. The second-order valence-electron chi connectivity index (χ2n) is 12.4. The number of carbonyl (C=O) groups is 2. The van der Waals surface area contributed by atoms with E-state index in [-0.39, 0.29) is 33.9 Å². The van der Waals surface area contributed by atoms with E-state index in [9.17, 15) is 14.7 Å². The van der Waals surface area contributed by atoms with Crippen LogP contribution in [-0.4, -0.2) is 16.8 Å². The van der Waals surface area contributed by atoms with Crippen LogP contribution in [0, 0.1) is 0 Å². The van der Waals surface area contributed by atoms with Crippen molar-refractivity contribution in [1.82, 2.24) is 0 Å². The maximum atomic E-state index is 13.8. The van der Waals surface area contributed by atoms with E-state index in [1.807, 2.05) is 69.3 Å². The van der Waals surface area contributed by atoms with Gasteiger partial charge in [0.1, 0.15) is 5.75 Å². The van der Waals surface area contributed by atoms with Crippen LogP contribution in [0.4, 0.5) is 5.69 Å². The molecule has 1 amide bonds. The lowest BCUT2D eigenvalue weighted by Gasteiger charge is -2.28. The summed E-state index contributed by atoms with van der Waals surface area (Å²) < 4.78 is 0. The van der Waals surface area contributed by atoms with Gasteiger partial charge in [-0.15, -0.1) is 0 Å². The molecule has 0 heterocycles. The van der Waals surface area contributed by atoms with Gasteiger partial charge < -0.3 is 10.4 Å². The van der Waals surface area contributed by atoms with E-state index in [0.717, 1.165) is 29.5 Å². The van der Waals surface area contributed by atoms with Gasteiger partial charge in [-0.25, -0.2) is 0 Å². The fourth-order valence-corrected chi connectivity index (χ4v) is 5.29. The Morgan fingerprint density at radius 2 is 1.53 bits per heavy atom. The Morgan fingerprint density at radius 3 is 2.18 bits per heavy atom. The summed E-state index contributed by atoms with van der Waals surface area (Å²) in [5.74, 6) is -0.385. The molecule has 1 atom stereocenters. The van der Waals surface area contributed by atoms with Crippen molar-refractivity contribution in [2.45, 2.75) is 77.6 Å². The minimum Gasteiger partial charge on any atom is -0.508 e. The van der Waals surface area contributed by atoms with E-state index < -0.39 is 5.91 Å². The molecule has 4 nitrogen and oxygen atoms in total. The van der Waals surface area contributed by atoms with Crippen LogP contribution in [0.1, 0.15) is 92.9 Å². The molecule has 4 heteroatoms. The first-order valence-electron chi connectivity index (χ1n) is 13.4. The van der Waals surface area contributed by atoms with Gasteiger partial charge in [-0.1, -0.05) is 102 Å². The SMILES string of the molecule is CC(C)(C)c1cc(C(C)(C)C)c(NC(=O)/C2=C/CCC(Cc3ccccc3)c3ccccc3C2=O)cc1O. The van der Waals surface area contributed by atoms with Crippen molar-refractivity contribution >= 4 is 17.4 Å². The number of hydrogen-bond donors (Lipinski definition) is 2. The van der Waals surface area contributed by atoms with Crippen molar-refractivity contribution in [2.75, 3.05) is 5.32 Å². The number of phenols is 1. The summed E-state index contributed by atoms with van der Waals surface area (Å²) in [5.41, 5.74) is 4.66. The van der Waals surface area contributed by atoms with Crippen LogP contribution in [-0.2, 0) is 22.0 Å². The fourth-order valence-electron chi connectivity index (χ4n) is 5.29. The molecule has 1 aliphatic rings. The third-order valence-corrected chi connectivity index (χ3v) is 7.32. The minimum absolute atomic E-state index is 0.132. The van der Waals surface area contributed by atoms with Gasteiger partial charge in [0.15, 0.2) is 5.78 Å². The first kappa shape index (κ1) is 27.4. The first-order valence-corrected chi connectivity index (χ1v) is 13.4. The highest BCUT2D eigenvalue weighted by Crippen LogP contribution is 2.40. The lowest BCUT2D eigenvalue weighted by Crippen LogP contribution is -2.26. The number of anilines is 1. The number of carbonyl (C=O) groups excluding carboxylic acids is 2. The summed E-state index contributed by atoms with van der Waals surface area (Å²) in [4.78, 5) is 27.4. The van der Waals surface area contributed by atoms with Gasteiger partial charge in [-0.2, -0.15) is 0 Å². The fraction of sp³-hybridized carbons (Fsp3) is 0.353. The number of aromatic hydroxyl groups is 1. The van der Waals surface area contributed by atoms with Gasteiger partial charge in [0.25, 0.3) is 5.91 Å². The van der Waals surface area contributed by atoms with Crippen molar-refractivity contribution in [2.24, 2.45) is 0 Å². The number of fused-ring (bicyclic) bond motifs is 1. The Balaban J connectivity index is 1.67.